The highest BCUT2D eigenvalue weighted by molar-refractivity contribution is 6.44. The summed E-state index contributed by atoms with van der Waals surface area (Å²) in [7, 11) is 0. The number of hydrogen-bond acceptors (Lipinski definition) is 5. The maximum Gasteiger partial charge on any atom is 0.329 e. The molecule has 8 nitrogen and oxygen atoms in total. The number of para-hydroxylation sites is 2. The molecule has 0 fully saturated rings. The number of aryl methyl sites for hydroxylation is 1. The topological polar surface area (TPSA) is 109 Å². The Morgan fingerprint density at radius 1 is 0.886 bits per heavy atom. The normalized spacial score (nSPS) is 10.6. The monoisotopic (exact) mass is 512 g/mol. The number of benzene rings is 3. The van der Waals surface area contributed by atoms with Gasteiger partial charge in [-0.3, -0.25) is 14.4 Å². The van der Waals surface area contributed by atoms with Crippen molar-refractivity contribution in [3.8, 4) is 5.75 Å². The zero-order valence-electron chi connectivity index (χ0n) is 18.7. The lowest BCUT2D eigenvalue weighted by Gasteiger charge is -2.11. The second-order valence-corrected chi connectivity index (χ2v) is 7.93. The van der Waals surface area contributed by atoms with Gasteiger partial charge in [-0.05, 0) is 42.3 Å². The molecule has 3 aromatic rings. The van der Waals surface area contributed by atoms with E-state index in [-0.39, 0.29) is 11.6 Å². The highest BCUT2D eigenvalue weighted by atomic mass is 35.5. The Labute approximate surface area is 212 Å². The summed E-state index contributed by atoms with van der Waals surface area (Å²) in [4.78, 5) is 36.6. The lowest BCUT2D eigenvalue weighted by molar-refractivity contribution is -0.136. The largest absolute Gasteiger partial charge is 0.483 e. The minimum absolute atomic E-state index is 0.230. The van der Waals surface area contributed by atoms with E-state index in [9.17, 15) is 14.4 Å². The van der Waals surface area contributed by atoms with Gasteiger partial charge >= 0.3 is 11.8 Å². The molecule has 0 atom stereocenters. The molecule has 0 heterocycles. The number of ether oxygens (including phenoxy) is 1. The zero-order valence-corrected chi connectivity index (χ0v) is 20.2. The SMILES string of the molecule is CCc1ccccc1NC(=O)C(=O)N/N=C\c1ccccc1OCC(=O)Nc1cccc(Cl)c1Cl. The molecule has 0 aliphatic rings. The van der Waals surface area contributed by atoms with Crippen LogP contribution in [0.1, 0.15) is 18.1 Å². The van der Waals surface area contributed by atoms with E-state index in [2.05, 4.69) is 21.2 Å². The summed E-state index contributed by atoms with van der Waals surface area (Å²) in [5, 5.41) is 9.57. The third-order valence-electron chi connectivity index (χ3n) is 4.73. The maximum atomic E-state index is 12.3. The van der Waals surface area contributed by atoms with Crippen LogP contribution in [0, 0.1) is 0 Å². The molecule has 3 rings (SSSR count). The number of nitrogens with one attached hydrogen (secondary N) is 3. The van der Waals surface area contributed by atoms with Crippen molar-refractivity contribution < 1.29 is 19.1 Å². The van der Waals surface area contributed by atoms with Gasteiger partial charge in [0.25, 0.3) is 5.91 Å². The van der Waals surface area contributed by atoms with Crippen molar-refractivity contribution in [1.29, 1.82) is 0 Å². The van der Waals surface area contributed by atoms with Crippen molar-refractivity contribution in [2.75, 3.05) is 17.2 Å². The zero-order chi connectivity index (χ0) is 25.2. The number of carbonyl (C=O) groups excluding carboxylic acids is 3. The van der Waals surface area contributed by atoms with E-state index < -0.39 is 17.7 Å². The van der Waals surface area contributed by atoms with Crippen LogP contribution in [0.5, 0.6) is 5.75 Å². The van der Waals surface area contributed by atoms with Crippen molar-refractivity contribution in [3.05, 3.63) is 87.9 Å². The number of halogens is 2. The molecule has 0 spiro atoms. The quantitative estimate of drug-likeness (QED) is 0.231. The minimum Gasteiger partial charge on any atom is -0.483 e. The number of amides is 3. The van der Waals surface area contributed by atoms with Crippen LogP contribution in [0.4, 0.5) is 11.4 Å². The maximum absolute atomic E-state index is 12.3. The van der Waals surface area contributed by atoms with E-state index in [4.69, 9.17) is 27.9 Å². The first kappa shape index (κ1) is 25.7. The van der Waals surface area contributed by atoms with E-state index >= 15 is 0 Å². The van der Waals surface area contributed by atoms with Crippen LogP contribution in [0.3, 0.4) is 0 Å². The lowest BCUT2D eigenvalue weighted by Crippen LogP contribution is -2.32. The van der Waals surface area contributed by atoms with Crippen LogP contribution in [0.15, 0.2) is 71.8 Å². The van der Waals surface area contributed by atoms with E-state index in [1.165, 1.54) is 6.21 Å². The van der Waals surface area contributed by atoms with Crippen LogP contribution in [-0.4, -0.2) is 30.5 Å². The number of anilines is 2. The number of hydrazone groups is 1. The summed E-state index contributed by atoms with van der Waals surface area (Å²) in [5.74, 6) is -1.87. The van der Waals surface area contributed by atoms with Gasteiger partial charge in [0.05, 0.1) is 21.9 Å². The second kappa shape index (κ2) is 12.5. The Hall–Kier alpha value is -3.88. The number of hydrogen-bond donors (Lipinski definition) is 3. The predicted octanol–water partition coefficient (Wildman–Crippen LogP) is 4.66. The van der Waals surface area contributed by atoms with Gasteiger partial charge in [0.1, 0.15) is 5.75 Å². The molecule has 35 heavy (non-hydrogen) atoms. The van der Waals surface area contributed by atoms with E-state index in [1.807, 2.05) is 19.1 Å². The molecule has 0 aliphatic heterocycles. The molecule has 0 saturated heterocycles. The van der Waals surface area contributed by atoms with Gasteiger partial charge in [0.15, 0.2) is 6.61 Å². The number of carbonyl (C=O) groups is 3. The van der Waals surface area contributed by atoms with Crippen LogP contribution >= 0.6 is 23.2 Å². The van der Waals surface area contributed by atoms with Crippen molar-refractivity contribution >= 4 is 58.5 Å². The van der Waals surface area contributed by atoms with Crippen molar-refractivity contribution in [2.24, 2.45) is 5.10 Å². The summed E-state index contributed by atoms with van der Waals surface area (Å²) in [6, 6.07) is 18.9. The number of nitrogens with zero attached hydrogens (tertiary/aromatic N) is 1. The minimum atomic E-state index is -0.927. The molecular formula is C25H22Cl2N4O4. The van der Waals surface area contributed by atoms with E-state index in [0.29, 0.717) is 34.1 Å². The summed E-state index contributed by atoms with van der Waals surface area (Å²) in [5.41, 5.74) is 4.50. The Balaban J connectivity index is 1.56. The fourth-order valence-corrected chi connectivity index (χ4v) is 3.34. The molecule has 0 bridgehead atoms. The molecule has 0 aromatic heterocycles. The molecule has 3 aromatic carbocycles. The summed E-state index contributed by atoms with van der Waals surface area (Å²) in [6.45, 7) is 1.64. The predicted molar refractivity (Wildman–Crippen MR) is 137 cm³/mol. The summed E-state index contributed by atoms with van der Waals surface area (Å²) in [6.07, 6.45) is 2.02. The van der Waals surface area contributed by atoms with E-state index in [1.54, 1.807) is 54.6 Å². The Bertz CT molecular complexity index is 1260. The molecular weight excluding hydrogens is 491 g/mol. The first-order valence-corrected chi connectivity index (χ1v) is 11.3. The highest BCUT2D eigenvalue weighted by Gasteiger charge is 2.14. The van der Waals surface area contributed by atoms with Crippen molar-refractivity contribution in [2.45, 2.75) is 13.3 Å². The summed E-state index contributed by atoms with van der Waals surface area (Å²) < 4.78 is 5.58. The van der Waals surface area contributed by atoms with Gasteiger partial charge in [-0.15, -0.1) is 0 Å². The van der Waals surface area contributed by atoms with Gasteiger partial charge in [-0.25, -0.2) is 5.43 Å². The van der Waals surface area contributed by atoms with Gasteiger partial charge in [0.2, 0.25) is 0 Å². The molecule has 3 amide bonds. The molecule has 0 unspecified atom stereocenters. The fraction of sp³-hybridized carbons (Fsp3) is 0.120. The molecule has 180 valence electrons. The van der Waals surface area contributed by atoms with Crippen molar-refractivity contribution in [3.63, 3.8) is 0 Å². The fourth-order valence-electron chi connectivity index (χ4n) is 2.99. The third-order valence-corrected chi connectivity index (χ3v) is 5.54. The van der Waals surface area contributed by atoms with E-state index in [0.717, 1.165) is 5.56 Å². The average Bonchev–Trinajstić information content (AvgIpc) is 2.86. The van der Waals surface area contributed by atoms with Crippen molar-refractivity contribution in [1.82, 2.24) is 5.43 Å². The highest BCUT2D eigenvalue weighted by Crippen LogP contribution is 2.29. The molecule has 10 heteroatoms. The second-order valence-electron chi connectivity index (χ2n) is 7.14. The smallest absolute Gasteiger partial charge is 0.329 e. The van der Waals surface area contributed by atoms with Crippen LogP contribution in [0.25, 0.3) is 0 Å². The first-order valence-electron chi connectivity index (χ1n) is 10.6. The number of rotatable bonds is 8. The molecule has 3 N–H and O–H groups in total. The van der Waals surface area contributed by atoms with Gasteiger partial charge in [-0.2, -0.15) is 5.10 Å². The van der Waals surface area contributed by atoms with Gasteiger partial charge in [0, 0.05) is 11.3 Å². The summed E-state index contributed by atoms with van der Waals surface area (Å²) >= 11 is 12.0. The molecule has 0 saturated carbocycles. The average molecular weight is 513 g/mol. The van der Waals surface area contributed by atoms with Crippen LogP contribution < -0.4 is 20.8 Å². The standard InChI is InChI=1S/C25H22Cl2N4O4/c1-2-16-8-3-5-11-19(16)30-24(33)25(34)31-28-14-17-9-4-6-13-21(17)35-15-22(32)29-20-12-7-10-18(26)23(20)27/h3-14H,2,15H2,1H3,(H,29,32)(H,30,33)(H,31,34)/b28-14-. The van der Waals surface area contributed by atoms with Crippen LogP contribution in [-0.2, 0) is 20.8 Å². The lowest BCUT2D eigenvalue weighted by atomic mass is 10.1. The molecule has 0 aliphatic carbocycles. The third kappa shape index (κ3) is 7.30. The Morgan fingerprint density at radius 2 is 1.60 bits per heavy atom. The first-order chi connectivity index (χ1) is 16.9. The molecule has 0 radical (unpaired) electrons. The Morgan fingerprint density at radius 3 is 2.40 bits per heavy atom. The van der Waals surface area contributed by atoms with Gasteiger partial charge in [-0.1, -0.05) is 66.5 Å². The van der Waals surface area contributed by atoms with Crippen LogP contribution in [0.2, 0.25) is 10.0 Å². The van der Waals surface area contributed by atoms with Gasteiger partial charge < -0.3 is 15.4 Å². The Kier molecular flexibility index (Phi) is 9.23.